The van der Waals surface area contributed by atoms with E-state index in [1.54, 1.807) is 11.0 Å². The standard InChI is InChI=1S/C13H17F3N2O/c1-9-7-18(8-10(6-17)19-9)12-5-3-2-4-11(12)13(14,15)16/h2-5,9-10H,6-8,17H2,1H3. The van der Waals surface area contributed by atoms with Gasteiger partial charge in [-0.2, -0.15) is 13.2 Å². The van der Waals surface area contributed by atoms with Crippen LogP contribution in [0.5, 0.6) is 0 Å². The molecule has 1 heterocycles. The van der Waals surface area contributed by atoms with Gasteiger partial charge in [0.05, 0.1) is 17.8 Å². The molecule has 1 fully saturated rings. The quantitative estimate of drug-likeness (QED) is 0.899. The van der Waals surface area contributed by atoms with Crippen molar-refractivity contribution in [2.24, 2.45) is 5.73 Å². The molecular formula is C13H17F3N2O. The maximum atomic E-state index is 13.0. The highest BCUT2D eigenvalue weighted by atomic mass is 19.4. The first kappa shape index (κ1) is 14.1. The number of ether oxygens (including phenoxy) is 1. The third kappa shape index (κ3) is 3.19. The number of para-hydroxylation sites is 1. The Balaban J connectivity index is 2.31. The summed E-state index contributed by atoms with van der Waals surface area (Å²) in [6, 6.07) is 5.61. The molecule has 0 spiro atoms. The minimum atomic E-state index is -4.35. The number of hydrogen-bond acceptors (Lipinski definition) is 3. The summed E-state index contributed by atoms with van der Waals surface area (Å²) in [5.41, 5.74) is 5.14. The number of anilines is 1. The highest BCUT2D eigenvalue weighted by Crippen LogP contribution is 2.37. The van der Waals surface area contributed by atoms with Crippen LogP contribution in [0, 0.1) is 0 Å². The van der Waals surface area contributed by atoms with Gasteiger partial charge in [-0.3, -0.25) is 0 Å². The molecule has 0 radical (unpaired) electrons. The zero-order valence-electron chi connectivity index (χ0n) is 10.7. The molecular weight excluding hydrogens is 257 g/mol. The first-order valence-electron chi connectivity index (χ1n) is 6.18. The monoisotopic (exact) mass is 274 g/mol. The summed E-state index contributed by atoms with van der Waals surface area (Å²) in [5.74, 6) is 0. The number of nitrogens with zero attached hydrogens (tertiary/aromatic N) is 1. The molecule has 1 aromatic rings. The minimum absolute atomic E-state index is 0.136. The van der Waals surface area contributed by atoms with Crippen LogP contribution in [0.1, 0.15) is 12.5 Å². The molecule has 2 atom stereocenters. The maximum absolute atomic E-state index is 13.0. The predicted molar refractivity (Wildman–Crippen MR) is 67.0 cm³/mol. The lowest BCUT2D eigenvalue weighted by molar-refractivity contribution is -0.137. The number of alkyl halides is 3. The van der Waals surface area contributed by atoms with Crippen LogP contribution in [0.15, 0.2) is 24.3 Å². The van der Waals surface area contributed by atoms with Crippen molar-refractivity contribution in [3.8, 4) is 0 Å². The van der Waals surface area contributed by atoms with Crippen molar-refractivity contribution in [2.75, 3.05) is 24.5 Å². The van der Waals surface area contributed by atoms with Crippen molar-refractivity contribution in [3.05, 3.63) is 29.8 Å². The van der Waals surface area contributed by atoms with Gasteiger partial charge in [0, 0.05) is 25.3 Å². The van der Waals surface area contributed by atoms with Crippen molar-refractivity contribution < 1.29 is 17.9 Å². The number of rotatable bonds is 2. The largest absolute Gasteiger partial charge is 0.418 e. The average molecular weight is 274 g/mol. The Labute approximate surface area is 110 Å². The molecule has 0 aliphatic carbocycles. The fourth-order valence-electron chi connectivity index (χ4n) is 2.36. The summed E-state index contributed by atoms with van der Waals surface area (Å²) in [7, 11) is 0. The van der Waals surface area contributed by atoms with E-state index in [-0.39, 0.29) is 17.9 Å². The number of nitrogens with two attached hydrogens (primary N) is 1. The van der Waals surface area contributed by atoms with Gasteiger partial charge >= 0.3 is 6.18 Å². The summed E-state index contributed by atoms with van der Waals surface area (Å²) in [5, 5.41) is 0. The zero-order chi connectivity index (χ0) is 14.0. The molecule has 2 N–H and O–H groups in total. The lowest BCUT2D eigenvalue weighted by atomic mass is 10.1. The number of hydrogen-bond donors (Lipinski definition) is 1. The van der Waals surface area contributed by atoms with Gasteiger partial charge in [-0.05, 0) is 19.1 Å². The van der Waals surface area contributed by atoms with E-state index in [4.69, 9.17) is 10.5 Å². The van der Waals surface area contributed by atoms with Gasteiger partial charge in [0.2, 0.25) is 0 Å². The molecule has 1 aliphatic rings. The van der Waals surface area contributed by atoms with Gasteiger partial charge in [-0.15, -0.1) is 0 Å². The van der Waals surface area contributed by atoms with Gasteiger partial charge in [0.1, 0.15) is 0 Å². The topological polar surface area (TPSA) is 38.5 Å². The Morgan fingerprint density at radius 3 is 2.63 bits per heavy atom. The maximum Gasteiger partial charge on any atom is 0.418 e. The fourth-order valence-corrected chi connectivity index (χ4v) is 2.36. The second-order valence-corrected chi connectivity index (χ2v) is 4.72. The van der Waals surface area contributed by atoms with Crippen LogP contribution in [0.2, 0.25) is 0 Å². The highest BCUT2D eigenvalue weighted by Gasteiger charge is 2.36. The Hall–Kier alpha value is -1.27. The summed E-state index contributed by atoms with van der Waals surface area (Å²) >= 11 is 0. The molecule has 0 bridgehead atoms. The van der Waals surface area contributed by atoms with Gasteiger partial charge in [-0.25, -0.2) is 0 Å². The lowest BCUT2D eigenvalue weighted by Gasteiger charge is -2.38. The molecule has 106 valence electrons. The van der Waals surface area contributed by atoms with Crippen LogP contribution in [-0.2, 0) is 10.9 Å². The summed E-state index contributed by atoms with van der Waals surface area (Å²) < 4.78 is 44.6. The van der Waals surface area contributed by atoms with Crippen LogP contribution in [-0.4, -0.2) is 31.8 Å². The third-order valence-electron chi connectivity index (χ3n) is 3.14. The van der Waals surface area contributed by atoms with Crippen molar-refractivity contribution in [2.45, 2.75) is 25.3 Å². The summed E-state index contributed by atoms with van der Waals surface area (Å²) in [4.78, 5) is 1.70. The lowest BCUT2D eigenvalue weighted by Crippen LogP contribution is -2.49. The molecule has 2 rings (SSSR count). The van der Waals surface area contributed by atoms with Crippen LogP contribution < -0.4 is 10.6 Å². The molecule has 19 heavy (non-hydrogen) atoms. The molecule has 0 aromatic heterocycles. The fraction of sp³-hybridized carbons (Fsp3) is 0.538. The molecule has 0 amide bonds. The van der Waals surface area contributed by atoms with Crippen molar-refractivity contribution >= 4 is 5.69 Å². The van der Waals surface area contributed by atoms with Crippen LogP contribution in [0.4, 0.5) is 18.9 Å². The molecule has 1 aliphatic heterocycles. The zero-order valence-corrected chi connectivity index (χ0v) is 10.7. The van der Waals surface area contributed by atoms with E-state index in [1.807, 2.05) is 6.92 Å². The minimum Gasteiger partial charge on any atom is -0.370 e. The van der Waals surface area contributed by atoms with Crippen LogP contribution in [0.3, 0.4) is 0 Å². The van der Waals surface area contributed by atoms with Gasteiger partial charge < -0.3 is 15.4 Å². The van der Waals surface area contributed by atoms with Crippen molar-refractivity contribution in [1.82, 2.24) is 0 Å². The van der Waals surface area contributed by atoms with Crippen molar-refractivity contribution in [1.29, 1.82) is 0 Å². The van der Waals surface area contributed by atoms with E-state index in [1.165, 1.54) is 12.1 Å². The SMILES string of the molecule is CC1CN(c2ccccc2C(F)(F)F)CC(CN)O1. The van der Waals surface area contributed by atoms with E-state index in [0.717, 1.165) is 6.07 Å². The second kappa shape index (κ2) is 5.38. The van der Waals surface area contributed by atoms with E-state index < -0.39 is 11.7 Å². The third-order valence-corrected chi connectivity index (χ3v) is 3.14. The Morgan fingerprint density at radius 2 is 2.00 bits per heavy atom. The van der Waals surface area contributed by atoms with Gasteiger partial charge in [0.15, 0.2) is 0 Å². The van der Waals surface area contributed by atoms with Gasteiger partial charge in [0.25, 0.3) is 0 Å². The van der Waals surface area contributed by atoms with E-state index in [9.17, 15) is 13.2 Å². The predicted octanol–water partition coefficient (Wildman–Crippen LogP) is 2.26. The summed E-state index contributed by atoms with van der Waals surface area (Å²) in [6.45, 7) is 2.96. The Bertz CT molecular complexity index is 436. The van der Waals surface area contributed by atoms with E-state index >= 15 is 0 Å². The number of halogens is 3. The highest BCUT2D eigenvalue weighted by molar-refractivity contribution is 5.55. The Morgan fingerprint density at radius 1 is 1.32 bits per heavy atom. The van der Waals surface area contributed by atoms with Crippen LogP contribution >= 0.6 is 0 Å². The van der Waals surface area contributed by atoms with Crippen molar-refractivity contribution in [3.63, 3.8) is 0 Å². The molecule has 0 saturated carbocycles. The van der Waals surface area contributed by atoms with Crippen LogP contribution in [0.25, 0.3) is 0 Å². The van der Waals surface area contributed by atoms with Gasteiger partial charge in [-0.1, -0.05) is 12.1 Å². The molecule has 1 saturated heterocycles. The van der Waals surface area contributed by atoms with E-state index in [0.29, 0.717) is 19.6 Å². The number of benzene rings is 1. The van der Waals surface area contributed by atoms with E-state index in [2.05, 4.69) is 0 Å². The normalized spacial score (nSPS) is 24.6. The molecule has 2 unspecified atom stereocenters. The average Bonchev–Trinajstić information content (AvgIpc) is 2.37. The first-order chi connectivity index (χ1) is 8.91. The first-order valence-corrected chi connectivity index (χ1v) is 6.18. The molecule has 1 aromatic carbocycles. The molecule has 3 nitrogen and oxygen atoms in total. The molecule has 6 heteroatoms. The smallest absolute Gasteiger partial charge is 0.370 e. The second-order valence-electron chi connectivity index (χ2n) is 4.72. The number of morpholine rings is 1. The Kier molecular flexibility index (Phi) is 4.01. The summed E-state index contributed by atoms with van der Waals surface area (Å²) in [6.07, 6.45) is -4.72.